The Labute approximate surface area is 49.1 Å². The van der Waals surface area contributed by atoms with Gasteiger partial charge in [-0.25, -0.2) is 13.1 Å². The quantitative estimate of drug-likeness (QED) is 0.489. The first-order valence-corrected chi connectivity index (χ1v) is 4.23. The fraction of sp³-hybridized carbons (Fsp3) is 1.00. The first kappa shape index (κ1) is 6.04. The van der Waals surface area contributed by atoms with Crippen molar-refractivity contribution in [1.29, 1.82) is 0 Å². The smallest absolute Gasteiger partial charge is 0.211 e. The highest BCUT2D eigenvalue weighted by molar-refractivity contribution is 7.89. The summed E-state index contributed by atoms with van der Waals surface area (Å²) in [4.78, 5) is 0. The summed E-state index contributed by atoms with van der Waals surface area (Å²) in [6.07, 6.45) is 0. The van der Waals surface area contributed by atoms with Gasteiger partial charge in [-0.2, -0.15) is 0 Å². The predicted octanol–water partition coefficient (Wildman–Crippen LogP) is -0.445. The van der Waals surface area contributed by atoms with Gasteiger partial charge in [-0.15, -0.1) is 0 Å². The molecule has 1 aliphatic heterocycles. The third-order valence-electron chi connectivity index (χ3n) is 1.16. The number of rotatable bonds is 0. The van der Waals surface area contributed by atoms with E-state index >= 15 is 0 Å². The number of sulfonamides is 1. The molecule has 1 fully saturated rings. The lowest BCUT2D eigenvalue weighted by Gasteiger charge is -1.88. The maximum Gasteiger partial charge on any atom is 0.211 e. The number of nitrogens with one attached hydrogen (secondary N) is 1. The predicted molar refractivity (Wildman–Crippen MR) is 31.0 cm³/mol. The SMILES string of the molecule is C[C@@H]1CNS(=O)(=O)C1. The van der Waals surface area contributed by atoms with E-state index in [0.29, 0.717) is 18.2 Å². The van der Waals surface area contributed by atoms with Crippen LogP contribution in [0.25, 0.3) is 0 Å². The summed E-state index contributed by atoms with van der Waals surface area (Å²) >= 11 is 0. The zero-order valence-corrected chi connectivity index (χ0v) is 5.53. The molecule has 0 bridgehead atoms. The van der Waals surface area contributed by atoms with Gasteiger partial charge in [0.05, 0.1) is 5.75 Å². The Bertz CT molecular complexity index is 172. The molecule has 3 nitrogen and oxygen atoms in total. The van der Waals surface area contributed by atoms with E-state index in [0.717, 1.165) is 0 Å². The van der Waals surface area contributed by atoms with Crippen molar-refractivity contribution in [1.82, 2.24) is 4.72 Å². The van der Waals surface area contributed by atoms with Crippen molar-refractivity contribution in [2.75, 3.05) is 12.3 Å². The lowest BCUT2D eigenvalue weighted by Crippen LogP contribution is -2.15. The van der Waals surface area contributed by atoms with E-state index in [2.05, 4.69) is 4.72 Å². The van der Waals surface area contributed by atoms with Gasteiger partial charge in [0.2, 0.25) is 10.0 Å². The van der Waals surface area contributed by atoms with E-state index in [-0.39, 0.29) is 0 Å². The number of hydrogen-bond donors (Lipinski definition) is 1. The van der Waals surface area contributed by atoms with Crippen molar-refractivity contribution in [2.45, 2.75) is 6.92 Å². The highest BCUT2D eigenvalue weighted by Gasteiger charge is 2.22. The largest absolute Gasteiger partial charge is 0.215 e. The van der Waals surface area contributed by atoms with Gasteiger partial charge in [-0.3, -0.25) is 0 Å². The van der Waals surface area contributed by atoms with Crippen molar-refractivity contribution >= 4 is 10.0 Å². The Hall–Kier alpha value is -0.0900. The van der Waals surface area contributed by atoms with Gasteiger partial charge >= 0.3 is 0 Å². The molecular formula is C4H9NO2S. The van der Waals surface area contributed by atoms with Crippen LogP contribution in [0, 0.1) is 5.92 Å². The molecule has 0 aromatic heterocycles. The maximum atomic E-state index is 10.5. The second-order valence-corrected chi connectivity index (χ2v) is 4.09. The molecule has 1 N–H and O–H groups in total. The monoisotopic (exact) mass is 135 g/mol. The summed E-state index contributed by atoms with van der Waals surface area (Å²) in [5.74, 6) is 0.590. The minimum Gasteiger partial charge on any atom is -0.215 e. The fourth-order valence-electron chi connectivity index (χ4n) is 0.762. The normalized spacial score (nSPS) is 35.4. The van der Waals surface area contributed by atoms with Crippen LogP contribution in [0.2, 0.25) is 0 Å². The van der Waals surface area contributed by atoms with Crippen molar-refractivity contribution in [3.63, 3.8) is 0 Å². The van der Waals surface area contributed by atoms with Crippen LogP contribution in [0.5, 0.6) is 0 Å². The average molecular weight is 135 g/mol. The van der Waals surface area contributed by atoms with Crippen molar-refractivity contribution < 1.29 is 8.42 Å². The fourth-order valence-corrected chi connectivity index (χ4v) is 2.28. The molecule has 0 spiro atoms. The lowest BCUT2D eigenvalue weighted by atomic mass is 10.2. The topological polar surface area (TPSA) is 46.2 Å². The summed E-state index contributed by atoms with van der Waals surface area (Å²) in [7, 11) is -2.85. The highest BCUT2D eigenvalue weighted by atomic mass is 32.2. The molecule has 1 heterocycles. The summed E-state index contributed by atoms with van der Waals surface area (Å²) in [5.41, 5.74) is 0. The van der Waals surface area contributed by atoms with Crippen molar-refractivity contribution in [2.24, 2.45) is 5.92 Å². The Balaban J connectivity index is 2.71. The molecule has 4 heteroatoms. The van der Waals surface area contributed by atoms with Gasteiger partial charge in [-0.05, 0) is 5.92 Å². The van der Waals surface area contributed by atoms with Gasteiger partial charge in [-0.1, -0.05) is 6.92 Å². The van der Waals surface area contributed by atoms with Crippen LogP contribution in [0.15, 0.2) is 0 Å². The molecule has 0 aromatic rings. The Kier molecular flexibility index (Phi) is 1.28. The molecule has 0 saturated carbocycles. The molecule has 1 saturated heterocycles. The highest BCUT2D eigenvalue weighted by Crippen LogP contribution is 2.05. The molecule has 0 radical (unpaired) electrons. The summed E-state index contributed by atoms with van der Waals surface area (Å²) in [6.45, 7) is 2.53. The van der Waals surface area contributed by atoms with E-state index in [4.69, 9.17) is 0 Å². The Morgan fingerprint density at radius 1 is 1.62 bits per heavy atom. The van der Waals surface area contributed by atoms with Crippen LogP contribution in [0.3, 0.4) is 0 Å². The molecule has 48 valence electrons. The Morgan fingerprint density at radius 3 is 2.38 bits per heavy atom. The zero-order valence-electron chi connectivity index (χ0n) is 4.72. The second-order valence-electron chi connectivity index (χ2n) is 2.24. The van der Waals surface area contributed by atoms with Crippen LogP contribution in [-0.2, 0) is 10.0 Å². The van der Waals surface area contributed by atoms with Crippen molar-refractivity contribution in [3.05, 3.63) is 0 Å². The van der Waals surface area contributed by atoms with E-state index in [1.165, 1.54) is 0 Å². The van der Waals surface area contributed by atoms with Crippen LogP contribution in [0.4, 0.5) is 0 Å². The maximum absolute atomic E-state index is 10.5. The van der Waals surface area contributed by atoms with E-state index in [1.54, 1.807) is 0 Å². The van der Waals surface area contributed by atoms with Crippen LogP contribution < -0.4 is 4.72 Å². The zero-order chi connectivity index (χ0) is 6.20. The van der Waals surface area contributed by atoms with Crippen LogP contribution in [-0.4, -0.2) is 20.7 Å². The standard InChI is InChI=1S/C4H9NO2S/c1-4-2-5-8(6,7)3-4/h4-5H,2-3H2,1H3/t4-/m1/s1. The van der Waals surface area contributed by atoms with Gasteiger partial charge < -0.3 is 0 Å². The third kappa shape index (κ3) is 1.20. The molecule has 0 aliphatic carbocycles. The molecule has 1 rings (SSSR count). The third-order valence-corrected chi connectivity index (χ3v) is 2.77. The molecule has 0 aromatic carbocycles. The minimum atomic E-state index is -2.85. The first-order valence-electron chi connectivity index (χ1n) is 2.57. The lowest BCUT2D eigenvalue weighted by molar-refractivity contribution is 0.594. The van der Waals surface area contributed by atoms with Crippen molar-refractivity contribution in [3.8, 4) is 0 Å². The van der Waals surface area contributed by atoms with Gasteiger partial charge in [0.15, 0.2) is 0 Å². The molecule has 1 aliphatic rings. The average Bonchev–Trinajstić information content (AvgIpc) is 1.82. The Morgan fingerprint density at radius 2 is 2.25 bits per heavy atom. The summed E-state index contributed by atoms with van der Waals surface area (Å²) in [6, 6.07) is 0. The van der Waals surface area contributed by atoms with Crippen LogP contribution >= 0.6 is 0 Å². The van der Waals surface area contributed by atoms with E-state index in [9.17, 15) is 8.42 Å². The molecule has 8 heavy (non-hydrogen) atoms. The molecule has 1 atom stereocenters. The number of hydrogen-bond acceptors (Lipinski definition) is 2. The molecule has 0 unspecified atom stereocenters. The van der Waals surface area contributed by atoms with Gasteiger partial charge in [0, 0.05) is 6.54 Å². The van der Waals surface area contributed by atoms with Crippen LogP contribution in [0.1, 0.15) is 6.92 Å². The van der Waals surface area contributed by atoms with E-state index in [1.807, 2.05) is 6.92 Å². The van der Waals surface area contributed by atoms with E-state index < -0.39 is 10.0 Å². The first-order chi connectivity index (χ1) is 3.60. The molecular weight excluding hydrogens is 126 g/mol. The second kappa shape index (κ2) is 1.70. The minimum absolute atomic E-state index is 0.292. The summed E-state index contributed by atoms with van der Waals surface area (Å²) in [5, 5.41) is 0. The molecule has 0 amide bonds. The van der Waals surface area contributed by atoms with Gasteiger partial charge in [0.25, 0.3) is 0 Å². The van der Waals surface area contributed by atoms with Gasteiger partial charge in [0.1, 0.15) is 0 Å². The summed E-state index contributed by atoms with van der Waals surface area (Å²) < 4.78 is 23.5.